The molecule has 0 aromatic heterocycles. The van der Waals surface area contributed by atoms with Gasteiger partial charge in [0.05, 0.1) is 18.7 Å². The molecule has 1 rings (SSSR count). The molecule has 0 fully saturated rings. The lowest BCUT2D eigenvalue weighted by Crippen LogP contribution is -2.03. The van der Waals surface area contributed by atoms with E-state index < -0.39 is 0 Å². The largest absolute Gasteiger partial charge is 0.496 e. The average molecular weight is 214 g/mol. The Labute approximate surface area is 87.8 Å². The van der Waals surface area contributed by atoms with Crippen molar-refractivity contribution >= 4 is 23.6 Å². The molecule has 76 valence electrons. The van der Waals surface area contributed by atoms with Crippen molar-refractivity contribution in [3.05, 3.63) is 22.8 Å². The van der Waals surface area contributed by atoms with Crippen LogP contribution in [0.5, 0.6) is 5.75 Å². The number of halogens is 1. The molecule has 0 aliphatic carbocycles. The molecule has 4 heteroatoms. The Balaban J connectivity index is 3.47. The van der Waals surface area contributed by atoms with Crippen LogP contribution in [0.1, 0.15) is 21.5 Å². The first-order valence-corrected chi connectivity index (χ1v) is 4.66. The number of aryl methyl sites for hydroxylation is 1. The van der Waals surface area contributed by atoms with Gasteiger partial charge in [0, 0.05) is 11.1 Å². The summed E-state index contributed by atoms with van der Waals surface area (Å²) in [6.45, 7) is 1.85. The third-order valence-corrected chi connectivity index (χ3v) is 2.37. The molecule has 0 bridgehead atoms. The van der Waals surface area contributed by atoms with Crippen molar-refractivity contribution in [1.29, 1.82) is 0 Å². The monoisotopic (exact) mass is 213 g/mol. The highest BCUT2D eigenvalue weighted by atomic mass is 35.5. The highest BCUT2D eigenvalue weighted by Crippen LogP contribution is 2.32. The summed E-state index contributed by atoms with van der Waals surface area (Å²) in [5.74, 6) is 0.889. The molecule has 0 unspecified atom stereocenters. The van der Waals surface area contributed by atoms with E-state index in [9.17, 15) is 4.79 Å². The molecule has 0 saturated carbocycles. The predicted octanol–water partition coefficient (Wildman–Crippen LogP) is 2.14. The quantitative estimate of drug-likeness (QED) is 0.476. The van der Waals surface area contributed by atoms with Gasteiger partial charge in [0.2, 0.25) is 0 Å². The second-order valence-electron chi connectivity index (χ2n) is 2.96. The number of aldehydes is 1. The van der Waals surface area contributed by atoms with Crippen LogP contribution in [0.15, 0.2) is 6.07 Å². The van der Waals surface area contributed by atoms with E-state index in [1.165, 1.54) is 0 Å². The molecule has 0 heterocycles. The molecule has 0 aliphatic heterocycles. The van der Waals surface area contributed by atoms with Crippen LogP contribution in [-0.2, 0) is 5.88 Å². The van der Waals surface area contributed by atoms with Gasteiger partial charge in [0.1, 0.15) is 5.75 Å². The van der Waals surface area contributed by atoms with E-state index in [1.54, 1.807) is 13.2 Å². The van der Waals surface area contributed by atoms with Crippen LogP contribution in [0, 0.1) is 6.92 Å². The molecular formula is C10H12ClNO2. The van der Waals surface area contributed by atoms with E-state index in [-0.39, 0.29) is 5.88 Å². The summed E-state index contributed by atoms with van der Waals surface area (Å²) >= 11 is 5.74. The number of ether oxygens (including phenoxy) is 1. The van der Waals surface area contributed by atoms with E-state index in [0.29, 0.717) is 22.6 Å². The number of methoxy groups -OCH3 is 1. The summed E-state index contributed by atoms with van der Waals surface area (Å²) in [5, 5.41) is 0. The highest BCUT2D eigenvalue weighted by Gasteiger charge is 2.13. The van der Waals surface area contributed by atoms with Crippen LogP contribution in [0.2, 0.25) is 0 Å². The van der Waals surface area contributed by atoms with Gasteiger partial charge in [0.25, 0.3) is 0 Å². The fourth-order valence-electron chi connectivity index (χ4n) is 1.43. The zero-order valence-corrected chi connectivity index (χ0v) is 8.89. The normalized spacial score (nSPS) is 9.93. The Kier molecular flexibility index (Phi) is 3.36. The Morgan fingerprint density at radius 3 is 2.71 bits per heavy atom. The van der Waals surface area contributed by atoms with Gasteiger partial charge in [-0.15, -0.1) is 11.6 Å². The van der Waals surface area contributed by atoms with E-state index in [0.717, 1.165) is 11.8 Å². The Hall–Kier alpha value is -1.22. The van der Waals surface area contributed by atoms with Crippen molar-refractivity contribution in [3.8, 4) is 5.75 Å². The second kappa shape index (κ2) is 4.33. The number of rotatable bonds is 3. The first-order valence-electron chi connectivity index (χ1n) is 4.12. The molecule has 1 aromatic carbocycles. The van der Waals surface area contributed by atoms with Gasteiger partial charge in [0.15, 0.2) is 6.29 Å². The van der Waals surface area contributed by atoms with Gasteiger partial charge in [-0.25, -0.2) is 0 Å². The number of nitrogens with two attached hydrogens (primary N) is 1. The van der Waals surface area contributed by atoms with Gasteiger partial charge in [-0.2, -0.15) is 0 Å². The average Bonchev–Trinajstić information content (AvgIpc) is 2.20. The molecule has 2 N–H and O–H groups in total. The van der Waals surface area contributed by atoms with Gasteiger partial charge >= 0.3 is 0 Å². The van der Waals surface area contributed by atoms with Crippen LogP contribution < -0.4 is 10.5 Å². The number of hydrogen-bond donors (Lipinski definition) is 1. The van der Waals surface area contributed by atoms with Crippen molar-refractivity contribution in [1.82, 2.24) is 0 Å². The minimum Gasteiger partial charge on any atom is -0.496 e. The number of carbonyl (C=O) groups excluding carboxylic acids is 1. The number of alkyl halides is 1. The van der Waals surface area contributed by atoms with Crippen LogP contribution in [0.4, 0.5) is 5.69 Å². The summed E-state index contributed by atoms with van der Waals surface area (Å²) in [5.41, 5.74) is 8.15. The lowest BCUT2D eigenvalue weighted by Gasteiger charge is -2.13. The van der Waals surface area contributed by atoms with Crippen LogP contribution in [-0.4, -0.2) is 13.4 Å². The fourth-order valence-corrected chi connectivity index (χ4v) is 1.69. The van der Waals surface area contributed by atoms with E-state index >= 15 is 0 Å². The van der Waals surface area contributed by atoms with Crippen molar-refractivity contribution in [2.75, 3.05) is 12.8 Å². The van der Waals surface area contributed by atoms with E-state index in [2.05, 4.69) is 0 Å². The molecule has 0 saturated heterocycles. The molecule has 0 radical (unpaired) electrons. The third-order valence-electron chi connectivity index (χ3n) is 2.11. The SMILES string of the molecule is COc1c(C)cc(C=O)c(N)c1CCl. The molecule has 14 heavy (non-hydrogen) atoms. The summed E-state index contributed by atoms with van der Waals surface area (Å²) in [6, 6.07) is 1.69. The van der Waals surface area contributed by atoms with Crippen molar-refractivity contribution in [2.45, 2.75) is 12.8 Å². The molecule has 0 amide bonds. The summed E-state index contributed by atoms with van der Waals surface area (Å²) < 4.78 is 5.17. The topological polar surface area (TPSA) is 52.3 Å². The summed E-state index contributed by atoms with van der Waals surface area (Å²) in [6.07, 6.45) is 0.720. The zero-order chi connectivity index (χ0) is 10.7. The van der Waals surface area contributed by atoms with Gasteiger partial charge in [-0.1, -0.05) is 0 Å². The predicted molar refractivity (Wildman–Crippen MR) is 57.1 cm³/mol. The Morgan fingerprint density at radius 2 is 2.29 bits per heavy atom. The lowest BCUT2D eigenvalue weighted by atomic mass is 10.0. The maximum absolute atomic E-state index is 10.7. The first kappa shape index (κ1) is 10.9. The number of hydrogen-bond acceptors (Lipinski definition) is 3. The van der Waals surface area contributed by atoms with Crippen molar-refractivity contribution < 1.29 is 9.53 Å². The Bertz CT molecular complexity index is 364. The van der Waals surface area contributed by atoms with Gasteiger partial charge < -0.3 is 10.5 Å². The van der Waals surface area contributed by atoms with E-state index in [1.807, 2.05) is 6.92 Å². The zero-order valence-electron chi connectivity index (χ0n) is 8.13. The lowest BCUT2D eigenvalue weighted by molar-refractivity contribution is 0.112. The minimum absolute atomic E-state index is 0.234. The molecular weight excluding hydrogens is 202 g/mol. The first-order chi connectivity index (χ1) is 6.65. The molecule has 3 nitrogen and oxygen atoms in total. The maximum atomic E-state index is 10.7. The third kappa shape index (κ3) is 1.68. The fraction of sp³-hybridized carbons (Fsp3) is 0.300. The molecule has 0 spiro atoms. The number of benzene rings is 1. The van der Waals surface area contributed by atoms with Crippen molar-refractivity contribution in [2.24, 2.45) is 0 Å². The molecule has 0 atom stereocenters. The van der Waals surface area contributed by atoms with Gasteiger partial charge in [-0.3, -0.25) is 4.79 Å². The standard InChI is InChI=1S/C10H12ClNO2/c1-6-3-7(5-13)9(12)8(4-11)10(6)14-2/h3,5H,4,12H2,1-2H3. The number of nitrogen functional groups attached to an aromatic ring is 1. The highest BCUT2D eigenvalue weighted by molar-refractivity contribution is 6.18. The van der Waals surface area contributed by atoms with Crippen LogP contribution in [0.3, 0.4) is 0 Å². The molecule has 1 aromatic rings. The smallest absolute Gasteiger partial charge is 0.152 e. The van der Waals surface area contributed by atoms with Crippen molar-refractivity contribution in [3.63, 3.8) is 0 Å². The summed E-state index contributed by atoms with van der Waals surface area (Å²) in [4.78, 5) is 10.7. The van der Waals surface area contributed by atoms with Gasteiger partial charge in [-0.05, 0) is 18.6 Å². The second-order valence-corrected chi connectivity index (χ2v) is 3.23. The molecule has 0 aliphatic rings. The maximum Gasteiger partial charge on any atom is 0.152 e. The van der Waals surface area contributed by atoms with E-state index in [4.69, 9.17) is 22.1 Å². The number of carbonyl (C=O) groups is 1. The minimum atomic E-state index is 0.234. The Morgan fingerprint density at radius 1 is 1.64 bits per heavy atom. The number of anilines is 1. The summed E-state index contributed by atoms with van der Waals surface area (Å²) in [7, 11) is 1.55. The van der Waals surface area contributed by atoms with Crippen LogP contribution >= 0.6 is 11.6 Å². The van der Waals surface area contributed by atoms with Crippen LogP contribution in [0.25, 0.3) is 0 Å².